The zero-order chi connectivity index (χ0) is 20.2. The third-order valence-corrected chi connectivity index (χ3v) is 4.53. The molecule has 0 N–H and O–H groups in total. The first-order chi connectivity index (χ1) is 14.1. The Balaban J connectivity index is 1.48. The maximum atomic E-state index is 11.2. The number of imidazole rings is 1. The van der Waals surface area contributed by atoms with Gasteiger partial charge in [0.15, 0.2) is 0 Å². The minimum Gasteiger partial charge on any atom is -0.486 e. The lowest BCUT2D eigenvalue weighted by molar-refractivity contribution is -0.383. The van der Waals surface area contributed by atoms with Gasteiger partial charge in [0.05, 0.1) is 10.6 Å². The standard InChI is InChI=1S/C22H18N4O3/c1-25-14-13-23-21(25)15-29-19-11-6-16(7-12-19)5-9-18-10-8-17-3-2-4-20(26(27)28)22(17)24-18/h2-14H,15H2,1H3/b9-5+. The summed E-state index contributed by atoms with van der Waals surface area (Å²) in [6, 6.07) is 16.3. The zero-order valence-electron chi connectivity index (χ0n) is 15.7. The number of rotatable bonds is 6. The molecule has 0 fully saturated rings. The van der Waals surface area contributed by atoms with E-state index in [0.29, 0.717) is 17.8 Å². The van der Waals surface area contributed by atoms with Gasteiger partial charge in [-0.05, 0) is 29.8 Å². The van der Waals surface area contributed by atoms with Crippen LogP contribution >= 0.6 is 0 Å². The molecule has 0 unspecified atom stereocenters. The molecule has 7 heteroatoms. The number of fused-ring (bicyclic) bond motifs is 1. The van der Waals surface area contributed by atoms with E-state index in [1.807, 2.05) is 72.4 Å². The van der Waals surface area contributed by atoms with Gasteiger partial charge >= 0.3 is 0 Å². The first-order valence-corrected chi connectivity index (χ1v) is 9.01. The van der Waals surface area contributed by atoms with Crippen LogP contribution in [0.15, 0.2) is 67.0 Å². The smallest absolute Gasteiger partial charge is 0.295 e. The Bertz CT molecular complexity index is 1200. The molecule has 0 saturated carbocycles. The van der Waals surface area contributed by atoms with E-state index in [2.05, 4.69) is 9.97 Å². The summed E-state index contributed by atoms with van der Waals surface area (Å²) < 4.78 is 7.66. The average Bonchev–Trinajstić information content (AvgIpc) is 3.15. The van der Waals surface area contributed by atoms with E-state index < -0.39 is 4.92 Å². The molecular weight excluding hydrogens is 368 g/mol. The van der Waals surface area contributed by atoms with Crippen molar-refractivity contribution in [2.75, 3.05) is 0 Å². The molecule has 29 heavy (non-hydrogen) atoms. The lowest BCUT2D eigenvalue weighted by atomic mass is 10.1. The number of nitro benzene ring substituents is 1. The molecule has 4 aromatic rings. The Kier molecular flexibility index (Phi) is 5.03. The van der Waals surface area contributed by atoms with Gasteiger partial charge < -0.3 is 9.30 Å². The Hall–Kier alpha value is -4.00. The molecule has 0 spiro atoms. The summed E-state index contributed by atoms with van der Waals surface area (Å²) >= 11 is 0. The van der Waals surface area contributed by atoms with Crippen molar-refractivity contribution in [3.8, 4) is 5.75 Å². The lowest BCUT2D eigenvalue weighted by Gasteiger charge is -2.06. The molecule has 2 aromatic heterocycles. The van der Waals surface area contributed by atoms with Crippen LogP contribution in [0.4, 0.5) is 5.69 Å². The molecule has 0 saturated heterocycles. The SMILES string of the molecule is Cn1ccnc1COc1ccc(/C=C/c2ccc3cccc([N+](=O)[O-])c3n2)cc1. The number of non-ortho nitro benzene ring substituents is 1. The normalized spacial score (nSPS) is 11.2. The van der Waals surface area contributed by atoms with Crippen LogP contribution in [-0.2, 0) is 13.7 Å². The highest BCUT2D eigenvalue weighted by atomic mass is 16.6. The van der Waals surface area contributed by atoms with Crippen molar-refractivity contribution in [1.82, 2.24) is 14.5 Å². The number of pyridine rings is 1. The Labute approximate surface area is 167 Å². The molecule has 0 aliphatic heterocycles. The number of aryl methyl sites for hydroxylation is 1. The molecule has 0 aliphatic rings. The molecule has 4 rings (SSSR count). The number of nitrogens with zero attached hydrogens (tertiary/aromatic N) is 4. The van der Waals surface area contributed by atoms with Crippen LogP contribution in [-0.4, -0.2) is 19.5 Å². The highest BCUT2D eigenvalue weighted by molar-refractivity contribution is 5.88. The Morgan fingerprint density at radius 3 is 2.66 bits per heavy atom. The van der Waals surface area contributed by atoms with Gasteiger partial charge in [-0.15, -0.1) is 0 Å². The van der Waals surface area contributed by atoms with Crippen molar-refractivity contribution in [3.63, 3.8) is 0 Å². The summed E-state index contributed by atoms with van der Waals surface area (Å²) in [4.78, 5) is 19.5. The fourth-order valence-electron chi connectivity index (χ4n) is 2.93. The quantitative estimate of drug-likeness (QED) is 0.356. The van der Waals surface area contributed by atoms with E-state index in [1.165, 1.54) is 6.07 Å². The number of ether oxygens (including phenoxy) is 1. The molecule has 0 atom stereocenters. The molecule has 0 radical (unpaired) electrons. The van der Waals surface area contributed by atoms with Gasteiger partial charge in [-0.25, -0.2) is 9.97 Å². The van der Waals surface area contributed by atoms with E-state index in [9.17, 15) is 10.1 Å². The number of para-hydroxylation sites is 1. The van der Waals surface area contributed by atoms with Gasteiger partial charge in [0.1, 0.15) is 23.7 Å². The number of hydrogen-bond acceptors (Lipinski definition) is 5. The van der Waals surface area contributed by atoms with Crippen molar-refractivity contribution < 1.29 is 9.66 Å². The summed E-state index contributed by atoms with van der Waals surface area (Å²) in [5.74, 6) is 1.61. The summed E-state index contributed by atoms with van der Waals surface area (Å²) in [5.41, 5.74) is 2.02. The van der Waals surface area contributed by atoms with Gasteiger partial charge in [0, 0.05) is 30.9 Å². The summed E-state index contributed by atoms with van der Waals surface area (Å²) in [6.45, 7) is 0.401. The van der Waals surface area contributed by atoms with Crippen molar-refractivity contribution in [3.05, 3.63) is 94.2 Å². The second kappa shape index (κ2) is 7.93. The monoisotopic (exact) mass is 386 g/mol. The summed E-state index contributed by atoms with van der Waals surface area (Å²) in [5, 5.41) is 12.0. The van der Waals surface area contributed by atoms with Crippen molar-refractivity contribution in [1.29, 1.82) is 0 Å². The maximum absolute atomic E-state index is 11.2. The Morgan fingerprint density at radius 1 is 1.10 bits per heavy atom. The molecule has 144 valence electrons. The van der Waals surface area contributed by atoms with Crippen LogP contribution < -0.4 is 4.74 Å². The van der Waals surface area contributed by atoms with Crippen LogP contribution in [0.1, 0.15) is 17.1 Å². The molecule has 7 nitrogen and oxygen atoms in total. The van der Waals surface area contributed by atoms with Gasteiger partial charge in [0.2, 0.25) is 0 Å². The zero-order valence-corrected chi connectivity index (χ0v) is 15.7. The first-order valence-electron chi connectivity index (χ1n) is 9.01. The largest absolute Gasteiger partial charge is 0.486 e. The highest BCUT2D eigenvalue weighted by Gasteiger charge is 2.12. The number of benzene rings is 2. The molecule has 0 bridgehead atoms. The summed E-state index contributed by atoms with van der Waals surface area (Å²) in [6.07, 6.45) is 7.36. The van der Waals surface area contributed by atoms with Gasteiger partial charge in [-0.3, -0.25) is 10.1 Å². The van der Waals surface area contributed by atoms with Crippen LogP contribution in [0.5, 0.6) is 5.75 Å². The van der Waals surface area contributed by atoms with Gasteiger partial charge in [-0.2, -0.15) is 0 Å². The molecular formula is C22H18N4O3. The fourth-order valence-corrected chi connectivity index (χ4v) is 2.93. The van der Waals surface area contributed by atoms with Gasteiger partial charge in [0.25, 0.3) is 5.69 Å². The van der Waals surface area contributed by atoms with E-state index in [1.54, 1.807) is 12.3 Å². The van der Waals surface area contributed by atoms with E-state index in [-0.39, 0.29) is 5.69 Å². The predicted molar refractivity (Wildman–Crippen MR) is 111 cm³/mol. The number of hydrogen-bond donors (Lipinski definition) is 0. The molecule has 2 heterocycles. The minimum atomic E-state index is -0.410. The topological polar surface area (TPSA) is 83.1 Å². The molecule has 0 aliphatic carbocycles. The predicted octanol–water partition coefficient (Wildman–Crippen LogP) is 4.63. The van der Waals surface area contributed by atoms with Gasteiger partial charge in [-0.1, -0.05) is 36.4 Å². The minimum absolute atomic E-state index is 0.00645. The summed E-state index contributed by atoms with van der Waals surface area (Å²) in [7, 11) is 1.93. The average molecular weight is 386 g/mol. The second-order valence-electron chi connectivity index (χ2n) is 6.49. The van der Waals surface area contributed by atoms with Crippen LogP contribution in [0, 0.1) is 10.1 Å². The second-order valence-corrected chi connectivity index (χ2v) is 6.49. The van der Waals surface area contributed by atoms with Crippen molar-refractivity contribution in [2.24, 2.45) is 7.05 Å². The van der Waals surface area contributed by atoms with Crippen LogP contribution in [0.2, 0.25) is 0 Å². The third kappa shape index (κ3) is 4.14. The third-order valence-electron chi connectivity index (χ3n) is 4.53. The lowest BCUT2D eigenvalue weighted by Crippen LogP contribution is -2.02. The van der Waals surface area contributed by atoms with E-state index >= 15 is 0 Å². The van der Waals surface area contributed by atoms with Crippen LogP contribution in [0.3, 0.4) is 0 Å². The Morgan fingerprint density at radius 2 is 1.93 bits per heavy atom. The van der Waals surface area contributed by atoms with E-state index in [4.69, 9.17) is 4.74 Å². The highest BCUT2D eigenvalue weighted by Crippen LogP contribution is 2.24. The number of aromatic nitrogens is 3. The molecule has 2 aromatic carbocycles. The van der Waals surface area contributed by atoms with E-state index in [0.717, 1.165) is 22.5 Å². The fraction of sp³-hybridized carbons (Fsp3) is 0.0909. The molecule has 0 amide bonds. The first kappa shape index (κ1) is 18.4. The van der Waals surface area contributed by atoms with Crippen molar-refractivity contribution >= 4 is 28.7 Å². The number of nitro groups is 1. The van der Waals surface area contributed by atoms with Crippen molar-refractivity contribution in [2.45, 2.75) is 6.61 Å². The maximum Gasteiger partial charge on any atom is 0.295 e. The van der Waals surface area contributed by atoms with Crippen LogP contribution in [0.25, 0.3) is 23.1 Å².